The SMILES string of the molecule is Cc1nn(Cc2ccc(Cl)cc2Cl)c(C)c1NC(=O)c1noc(C)c1Cn1cc([N+](=O)[O-])cn1. The molecule has 0 saturated carbocycles. The van der Waals surface area contributed by atoms with Crippen LogP contribution in [0.4, 0.5) is 11.4 Å². The molecular weight excluding hydrogens is 485 g/mol. The van der Waals surface area contributed by atoms with Crippen LogP contribution in [0.25, 0.3) is 0 Å². The van der Waals surface area contributed by atoms with Gasteiger partial charge in [-0.1, -0.05) is 34.4 Å². The number of carbonyl (C=O) groups excluding carboxylic acids is 1. The van der Waals surface area contributed by atoms with Crippen molar-refractivity contribution in [3.8, 4) is 0 Å². The van der Waals surface area contributed by atoms with Crippen LogP contribution in [0.15, 0.2) is 35.1 Å². The topological polar surface area (TPSA) is 134 Å². The van der Waals surface area contributed by atoms with Crippen molar-refractivity contribution >= 4 is 40.5 Å². The number of amides is 1. The van der Waals surface area contributed by atoms with Gasteiger partial charge in [0.25, 0.3) is 5.91 Å². The van der Waals surface area contributed by atoms with E-state index in [1.807, 2.05) is 13.0 Å². The van der Waals surface area contributed by atoms with E-state index in [9.17, 15) is 14.9 Å². The van der Waals surface area contributed by atoms with E-state index in [0.717, 1.165) is 17.5 Å². The third kappa shape index (κ3) is 4.66. The molecule has 0 aliphatic rings. The smallest absolute Gasteiger partial charge is 0.307 e. The number of nitro groups is 1. The van der Waals surface area contributed by atoms with E-state index < -0.39 is 10.8 Å². The third-order valence-electron chi connectivity index (χ3n) is 5.31. The van der Waals surface area contributed by atoms with Gasteiger partial charge in [-0.25, -0.2) is 0 Å². The summed E-state index contributed by atoms with van der Waals surface area (Å²) in [7, 11) is 0. The van der Waals surface area contributed by atoms with Gasteiger partial charge in [-0.15, -0.1) is 0 Å². The van der Waals surface area contributed by atoms with E-state index in [2.05, 4.69) is 20.7 Å². The lowest BCUT2D eigenvalue weighted by molar-refractivity contribution is -0.385. The fourth-order valence-corrected chi connectivity index (χ4v) is 3.94. The highest BCUT2D eigenvalue weighted by molar-refractivity contribution is 6.35. The van der Waals surface area contributed by atoms with E-state index in [0.29, 0.717) is 39.3 Å². The molecule has 0 fully saturated rings. The summed E-state index contributed by atoms with van der Waals surface area (Å²) in [6.07, 6.45) is 2.41. The molecule has 3 heterocycles. The minimum absolute atomic E-state index is 0.0583. The maximum atomic E-state index is 13.1. The highest BCUT2D eigenvalue weighted by Gasteiger charge is 2.24. The van der Waals surface area contributed by atoms with Gasteiger partial charge in [-0.3, -0.25) is 24.3 Å². The molecule has 11 nitrogen and oxygen atoms in total. The predicted molar refractivity (Wildman–Crippen MR) is 124 cm³/mol. The second-order valence-electron chi connectivity index (χ2n) is 7.61. The minimum Gasteiger partial charge on any atom is -0.361 e. The lowest BCUT2D eigenvalue weighted by Gasteiger charge is -2.09. The molecule has 0 aliphatic carbocycles. The maximum absolute atomic E-state index is 13.1. The molecule has 1 N–H and O–H groups in total. The molecule has 0 aliphatic heterocycles. The average molecular weight is 504 g/mol. The van der Waals surface area contributed by atoms with Gasteiger partial charge in [-0.2, -0.15) is 10.2 Å². The van der Waals surface area contributed by atoms with E-state index in [1.165, 1.54) is 10.9 Å². The number of rotatable bonds is 7. The van der Waals surface area contributed by atoms with Gasteiger partial charge in [-0.05, 0) is 38.5 Å². The molecule has 0 spiro atoms. The number of nitrogens with one attached hydrogen (secondary N) is 1. The first-order chi connectivity index (χ1) is 16.1. The maximum Gasteiger partial charge on any atom is 0.307 e. The normalized spacial score (nSPS) is 11.1. The molecule has 1 aromatic carbocycles. The van der Waals surface area contributed by atoms with Crippen LogP contribution < -0.4 is 5.32 Å². The Morgan fingerprint density at radius 3 is 2.68 bits per heavy atom. The van der Waals surface area contributed by atoms with Crippen molar-refractivity contribution in [2.75, 3.05) is 5.32 Å². The number of carbonyl (C=O) groups is 1. The quantitative estimate of drug-likeness (QED) is 0.288. The molecule has 176 valence electrons. The van der Waals surface area contributed by atoms with E-state index in [-0.39, 0.29) is 17.9 Å². The first-order valence-electron chi connectivity index (χ1n) is 10.0. The molecular formula is C21H19Cl2N7O4. The summed E-state index contributed by atoms with van der Waals surface area (Å²) in [6.45, 7) is 5.74. The number of halogens is 2. The van der Waals surface area contributed by atoms with Gasteiger partial charge in [0.05, 0.1) is 35.1 Å². The molecule has 13 heteroatoms. The van der Waals surface area contributed by atoms with Crippen molar-refractivity contribution in [3.05, 3.63) is 84.7 Å². The zero-order valence-corrected chi connectivity index (χ0v) is 19.9. The molecule has 4 aromatic rings. The first kappa shape index (κ1) is 23.5. The second kappa shape index (κ2) is 9.27. The number of nitrogens with zero attached hydrogens (tertiary/aromatic N) is 6. The van der Waals surface area contributed by atoms with Gasteiger partial charge in [0.1, 0.15) is 18.2 Å². The third-order valence-corrected chi connectivity index (χ3v) is 5.89. The van der Waals surface area contributed by atoms with Crippen molar-refractivity contribution in [2.45, 2.75) is 33.9 Å². The number of benzene rings is 1. The zero-order chi connectivity index (χ0) is 24.6. The zero-order valence-electron chi connectivity index (χ0n) is 18.4. The van der Waals surface area contributed by atoms with Crippen molar-refractivity contribution in [1.29, 1.82) is 0 Å². The standard InChI is InChI=1S/C21H19Cl2N7O4/c1-11-19(12(2)29(26-11)8-14-4-5-15(22)6-18(14)23)25-21(31)20-17(13(3)34-27-20)10-28-9-16(7-24-28)30(32)33/h4-7,9H,8,10H2,1-3H3,(H,25,31). The highest BCUT2D eigenvalue weighted by atomic mass is 35.5. The van der Waals surface area contributed by atoms with Gasteiger partial charge in [0.15, 0.2) is 5.69 Å². The average Bonchev–Trinajstić information content (AvgIpc) is 3.46. The number of aromatic nitrogens is 5. The van der Waals surface area contributed by atoms with Crippen LogP contribution in [0, 0.1) is 30.9 Å². The summed E-state index contributed by atoms with van der Waals surface area (Å²) < 4.78 is 8.30. The summed E-state index contributed by atoms with van der Waals surface area (Å²) in [5, 5.41) is 27.2. The molecule has 3 aromatic heterocycles. The Bertz CT molecular complexity index is 1410. The summed E-state index contributed by atoms with van der Waals surface area (Å²) in [6, 6.07) is 5.23. The first-order valence-corrected chi connectivity index (χ1v) is 10.8. The van der Waals surface area contributed by atoms with E-state index in [1.54, 1.807) is 30.7 Å². The lowest BCUT2D eigenvalue weighted by Crippen LogP contribution is -2.17. The monoisotopic (exact) mass is 503 g/mol. The van der Waals surface area contributed by atoms with Crippen molar-refractivity contribution in [1.82, 2.24) is 24.7 Å². The van der Waals surface area contributed by atoms with Crippen molar-refractivity contribution in [2.24, 2.45) is 0 Å². The van der Waals surface area contributed by atoms with E-state index in [4.69, 9.17) is 27.7 Å². The van der Waals surface area contributed by atoms with Gasteiger partial charge in [0, 0.05) is 15.6 Å². The van der Waals surface area contributed by atoms with Crippen molar-refractivity contribution in [3.63, 3.8) is 0 Å². The summed E-state index contributed by atoms with van der Waals surface area (Å²) in [4.78, 5) is 23.4. The fourth-order valence-electron chi connectivity index (χ4n) is 3.47. The summed E-state index contributed by atoms with van der Waals surface area (Å²) >= 11 is 12.3. The second-order valence-corrected chi connectivity index (χ2v) is 8.46. The number of hydrogen-bond acceptors (Lipinski definition) is 7. The van der Waals surface area contributed by atoms with Gasteiger partial charge >= 0.3 is 5.69 Å². The molecule has 0 unspecified atom stereocenters. The number of aryl methyl sites for hydroxylation is 2. The number of anilines is 1. The van der Waals surface area contributed by atoms with E-state index >= 15 is 0 Å². The summed E-state index contributed by atoms with van der Waals surface area (Å²) in [5.74, 6) is -0.0893. The highest BCUT2D eigenvalue weighted by Crippen LogP contribution is 2.26. The number of hydrogen-bond donors (Lipinski definition) is 1. The molecule has 0 radical (unpaired) electrons. The molecule has 0 saturated heterocycles. The molecule has 0 bridgehead atoms. The van der Waals surface area contributed by atoms with Gasteiger partial charge < -0.3 is 9.84 Å². The van der Waals surface area contributed by atoms with Crippen LogP contribution in [0.5, 0.6) is 0 Å². The Morgan fingerprint density at radius 2 is 2.00 bits per heavy atom. The largest absolute Gasteiger partial charge is 0.361 e. The molecule has 0 atom stereocenters. The summed E-state index contributed by atoms with van der Waals surface area (Å²) in [5.41, 5.74) is 3.07. The Balaban J connectivity index is 1.56. The lowest BCUT2D eigenvalue weighted by atomic mass is 10.1. The van der Waals surface area contributed by atoms with Gasteiger partial charge in [0.2, 0.25) is 0 Å². The van der Waals surface area contributed by atoms with Crippen LogP contribution in [0.2, 0.25) is 10.0 Å². The van der Waals surface area contributed by atoms with Crippen molar-refractivity contribution < 1.29 is 14.2 Å². The Morgan fingerprint density at radius 1 is 1.24 bits per heavy atom. The minimum atomic E-state index is -0.544. The van der Waals surface area contributed by atoms with Crippen LogP contribution in [-0.4, -0.2) is 35.5 Å². The van der Waals surface area contributed by atoms with Crippen LogP contribution in [0.3, 0.4) is 0 Å². The Kier molecular flexibility index (Phi) is 6.40. The van der Waals surface area contributed by atoms with Crippen LogP contribution in [-0.2, 0) is 13.1 Å². The molecule has 4 rings (SSSR count). The molecule has 34 heavy (non-hydrogen) atoms. The molecule has 1 amide bonds. The fraction of sp³-hybridized carbons (Fsp3) is 0.238. The Hall–Kier alpha value is -3.70. The van der Waals surface area contributed by atoms with Crippen LogP contribution in [0.1, 0.15) is 38.8 Å². The van der Waals surface area contributed by atoms with Crippen LogP contribution >= 0.6 is 23.2 Å². The Labute approximate surface area is 203 Å². The predicted octanol–water partition coefficient (Wildman–Crippen LogP) is 4.56.